The molecule has 1 rings (SSSR count). The third-order valence-corrected chi connectivity index (χ3v) is 3.33. The summed E-state index contributed by atoms with van der Waals surface area (Å²) in [6, 6.07) is 3.27. The molecule has 1 unspecified atom stereocenters. The van der Waals surface area contributed by atoms with Crippen molar-refractivity contribution in [3.63, 3.8) is 0 Å². The van der Waals surface area contributed by atoms with Crippen LogP contribution in [0.5, 0.6) is 0 Å². The standard InChI is InChI=1S/C15H25F2N3/c1-4-7-20(9-8-19(2)3)15(11-18)13-10-12(16)5-6-14(13)17/h5-6,10,15H,4,7-9,11,18H2,1-3H3. The lowest BCUT2D eigenvalue weighted by molar-refractivity contribution is 0.179. The molecule has 0 radical (unpaired) electrons. The molecule has 3 nitrogen and oxygen atoms in total. The molecule has 0 aliphatic carbocycles. The van der Waals surface area contributed by atoms with Gasteiger partial charge in [-0.3, -0.25) is 4.90 Å². The Kier molecular flexibility index (Phi) is 7.05. The smallest absolute Gasteiger partial charge is 0.128 e. The van der Waals surface area contributed by atoms with Crippen LogP contribution >= 0.6 is 0 Å². The van der Waals surface area contributed by atoms with Gasteiger partial charge in [-0.05, 0) is 45.3 Å². The summed E-state index contributed by atoms with van der Waals surface area (Å²) in [4.78, 5) is 4.19. The second-order valence-electron chi connectivity index (χ2n) is 5.26. The topological polar surface area (TPSA) is 32.5 Å². The largest absolute Gasteiger partial charge is 0.329 e. The van der Waals surface area contributed by atoms with Crippen molar-refractivity contribution >= 4 is 0 Å². The van der Waals surface area contributed by atoms with Gasteiger partial charge in [0, 0.05) is 25.2 Å². The molecule has 0 bridgehead atoms. The van der Waals surface area contributed by atoms with Gasteiger partial charge in [0.25, 0.3) is 0 Å². The number of nitrogens with zero attached hydrogens (tertiary/aromatic N) is 2. The molecule has 0 saturated carbocycles. The van der Waals surface area contributed by atoms with Gasteiger partial charge in [-0.2, -0.15) is 0 Å². The molecule has 0 aliphatic heterocycles. The predicted molar refractivity (Wildman–Crippen MR) is 78.6 cm³/mol. The van der Waals surface area contributed by atoms with Gasteiger partial charge in [0.15, 0.2) is 0 Å². The van der Waals surface area contributed by atoms with Crippen LogP contribution < -0.4 is 5.73 Å². The summed E-state index contributed by atoms with van der Waals surface area (Å²) < 4.78 is 27.3. The number of hydrogen-bond donors (Lipinski definition) is 1. The average Bonchev–Trinajstić information content (AvgIpc) is 2.40. The molecule has 0 aromatic heterocycles. The molecule has 1 aromatic carbocycles. The van der Waals surface area contributed by atoms with Crippen molar-refractivity contribution in [3.05, 3.63) is 35.4 Å². The third-order valence-electron chi connectivity index (χ3n) is 3.33. The quantitative estimate of drug-likeness (QED) is 0.795. The van der Waals surface area contributed by atoms with Gasteiger partial charge in [0.05, 0.1) is 6.04 Å². The van der Waals surface area contributed by atoms with Crippen LogP contribution in [-0.2, 0) is 0 Å². The molecule has 5 heteroatoms. The molecular formula is C15H25F2N3. The normalized spacial score (nSPS) is 13.2. The molecule has 0 fully saturated rings. The number of likely N-dealkylation sites (N-methyl/N-ethyl adjacent to an activating group) is 1. The average molecular weight is 285 g/mol. The Morgan fingerprint density at radius 3 is 2.40 bits per heavy atom. The molecular weight excluding hydrogens is 260 g/mol. The van der Waals surface area contributed by atoms with Crippen molar-refractivity contribution < 1.29 is 8.78 Å². The monoisotopic (exact) mass is 285 g/mol. The number of nitrogens with two attached hydrogens (primary N) is 1. The van der Waals surface area contributed by atoms with E-state index >= 15 is 0 Å². The zero-order valence-corrected chi connectivity index (χ0v) is 12.6. The van der Waals surface area contributed by atoms with Gasteiger partial charge in [-0.15, -0.1) is 0 Å². The Balaban J connectivity index is 2.96. The summed E-state index contributed by atoms with van der Waals surface area (Å²) in [6.07, 6.45) is 0.945. The number of benzene rings is 1. The lowest BCUT2D eigenvalue weighted by Gasteiger charge is -2.32. The number of hydrogen-bond acceptors (Lipinski definition) is 3. The van der Waals surface area contributed by atoms with Crippen LogP contribution in [-0.4, -0.2) is 50.1 Å². The number of rotatable bonds is 8. The van der Waals surface area contributed by atoms with Gasteiger partial charge in [-0.1, -0.05) is 6.92 Å². The minimum Gasteiger partial charge on any atom is -0.329 e. The first-order chi connectivity index (χ1) is 9.49. The highest BCUT2D eigenvalue weighted by Gasteiger charge is 2.22. The fourth-order valence-corrected chi connectivity index (χ4v) is 2.28. The first-order valence-electron chi connectivity index (χ1n) is 7.03. The highest BCUT2D eigenvalue weighted by atomic mass is 19.1. The van der Waals surface area contributed by atoms with Crippen LogP contribution in [0.3, 0.4) is 0 Å². The molecule has 0 saturated heterocycles. The van der Waals surface area contributed by atoms with Crippen molar-refractivity contribution in [1.29, 1.82) is 0 Å². The van der Waals surface area contributed by atoms with Gasteiger partial charge < -0.3 is 10.6 Å². The summed E-state index contributed by atoms with van der Waals surface area (Å²) in [6.45, 7) is 4.78. The van der Waals surface area contributed by atoms with Gasteiger partial charge in [0.1, 0.15) is 11.6 Å². The van der Waals surface area contributed by atoms with E-state index in [9.17, 15) is 8.78 Å². The molecule has 1 atom stereocenters. The lowest BCUT2D eigenvalue weighted by atomic mass is 10.0. The fraction of sp³-hybridized carbons (Fsp3) is 0.600. The summed E-state index contributed by atoms with van der Waals surface area (Å²) in [5.41, 5.74) is 6.16. The first-order valence-corrected chi connectivity index (χ1v) is 7.03. The third kappa shape index (κ3) is 4.81. The van der Waals surface area contributed by atoms with Crippen molar-refractivity contribution in [2.24, 2.45) is 5.73 Å². The van der Waals surface area contributed by atoms with E-state index in [0.717, 1.165) is 32.1 Å². The summed E-state index contributed by atoms with van der Waals surface area (Å²) in [7, 11) is 3.98. The molecule has 1 aromatic rings. The minimum atomic E-state index is -0.427. The number of halogens is 2. The van der Waals surface area contributed by atoms with E-state index in [4.69, 9.17) is 5.73 Å². The molecule has 0 aliphatic rings. The maximum absolute atomic E-state index is 13.9. The molecule has 2 N–H and O–H groups in total. The van der Waals surface area contributed by atoms with E-state index in [-0.39, 0.29) is 12.6 Å². The second-order valence-corrected chi connectivity index (χ2v) is 5.26. The second kappa shape index (κ2) is 8.29. The van der Waals surface area contributed by atoms with Crippen LogP contribution in [0.4, 0.5) is 8.78 Å². The van der Waals surface area contributed by atoms with E-state index in [2.05, 4.69) is 16.7 Å². The molecule has 0 amide bonds. The molecule has 0 spiro atoms. The van der Waals surface area contributed by atoms with Gasteiger partial charge in [-0.25, -0.2) is 8.78 Å². The van der Waals surface area contributed by atoms with Crippen LogP contribution in [0, 0.1) is 11.6 Å². The first kappa shape index (κ1) is 17.0. The van der Waals surface area contributed by atoms with E-state index < -0.39 is 11.6 Å². The van der Waals surface area contributed by atoms with E-state index in [1.54, 1.807) is 0 Å². The van der Waals surface area contributed by atoms with Crippen LogP contribution in [0.1, 0.15) is 24.9 Å². The Bertz CT molecular complexity index is 410. The summed E-state index contributed by atoms with van der Waals surface area (Å²) in [5, 5.41) is 0. The zero-order valence-electron chi connectivity index (χ0n) is 12.6. The minimum absolute atomic E-state index is 0.272. The van der Waals surface area contributed by atoms with Crippen LogP contribution in [0.15, 0.2) is 18.2 Å². The maximum Gasteiger partial charge on any atom is 0.128 e. The molecule has 20 heavy (non-hydrogen) atoms. The lowest BCUT2D eigenvalue weighted by Crippen LogP contribution is -2.39. The van der Waals surface area contributed by atoms with E-state index in [0.29, 0.717) is 5.56 Å². The van der Waals surface area contributed by atoms with E-state index in [1.807, 2.05) is 14.1 Å². The highest BCUT2D eigenvalue weighted by Crippen LogP contribution is 2.23. The predicted octanol–water partition coefficient (Wildman–Crippen LogP) is 2.24. The van der Waals surface area contributed by atoms with Crippen LogP contribution in [0.2, 0.25) is 0 Å². The Hall–Kier alpha value is -1.04. The summed E-state index contributed by atoms with van der Waals surface area (Å²) >= 11 is 0. The van der Waals surface area contributed by atoms with E-state index in [1.165, 1.54) is 12.1 Å². The highest BCUT2D eigenvalue weighted by molar-refractivity contribution is 5.23. The van der Waals surface area contributed by atoms with Crippen molar-refractivity contribution in [2.45, 2.75) is 19.4 Å². The molecule has 0 heterocycles. The Morgan fingerprint density at radius 2 is 1.85 bits per heavy atom. The zero-order chi connectivity index (χ0) is 15.1. The maximum atomic E-state index is 13.9. The SMILES string of the molecule is CCCN(CCN(C)C)C(CN)c1cc(F)ccc1F. The van der Waals surface area contributed by atoms with Crippen LogP contribution in [0.25, 0.3) is 0 Å². The van der Waals surface area contributed by atoms with Gasteiger partial charge in [0.2, 0.25) is 0 Å². The Labute approximate surface area is 120 Å². The Morgan fingerprint density at radius 1 is 1.15 bits per heavy atom. The van der Waals surface area contributed by atoms with Crippen molar-refractivity contribution in [1.82, 2.24) is 9.80 Å². The summed E-state index contributed by atoms with van der Waals surface area (Å²) in [5.74, 6) is -0.822. The van der Waals surface area contributed by atoms with Crippen molar-refractivity contribution in [2.75, 3.05) is 40.3 Å². The molecule has 114 valence electrons. The fourth-order valence-electron chi connectivity index (χ4n) is 2.28. The van der Waals surface area contributed by atoms with Gasteiger partial charge >= 0.3 is 0 Å². The van der Waals surface area contributed by atoms with Crippen molar-refractivity contribution in [3.8, 4) is 0 Å².